The van der Waals surface area contributed by atoms with Gasteiger partial charge in [0.2, 0.25) is 11.8 Å². The van der Waals surface area contributed by atoms with Gasteiger partial charge >= 0.3 is 7.12 Å². The first-order valence-electron chi connectivity index (χ1n) is 16.8. The van der Waals surface area contributed by atoms with Crippen molar-refractivity contribution in [3.63, 3.8) is 0 Å². The van der Waals surface area contributed by atoms with Crippen LogP contribution in [0.15, 0.2) is 83.4 Å². The Morgan fingerprint density at radius 3 is 2.47 bits per heavy atom. The molecule has 256 valence electrons. The van der Waals surface area contributed by atoms with Crippen LogP contribution >= 0.6 is 22.6 Å². The number of carbonyl (C=O) groups excluding carboxylic acids is 2. The van der Waals surface area contributed by atoms with Crippen LogP contribution in [0.3, 0.4) is 0 Å². The van der Waals surface area contributed by atoms with Gasteiger partial charge in [-0.2, -0.15) is 0 Å². The number of anilines is 3. The lowest BCUT2D eigenvalue weighted by Gasteiger charge is -2.43. The molecule has 0 spiro atoms. The molecule has 1 aliphatic carbocycles. The number of imide groups is 1. The Bertz CT molecular complexity index is 1750. The van der Waals surface area contributed by atoms with E-state index >= 15 is 0 Å². The number of hydrogen-bond donors (Lipinski definition) is 3. The second kappa shape index (κ2) is 15.5. The second-order valence-electron chi connectivity index (χ2n) is 12.9. The molecular formula is C38H42BIN2O7. The van der Waals surface area contributed by atoms with Crippen LogP contribution in [0.25, 0.3) is 6.08 Å². The van der Waals surface area contributed by atoms with Crippen molar-refractivity contribution < 1.29 is 33.8 Å². The molecule has 0 bridgehead atoms. The zero-order valence-electron chi connectivity index (χ0n) is 28.0. The number of nitrogens with zero attached hydrogens (tertiary/aromatic N) is 1. The number of para-hydroxylation sites is 1. The highest BCUT2D eigenvalue weighted by atomic mass is 127. The molecule has 0 radical (unpaired) electrons. The van der Waals surface area contributed by atoms with Crippen molar-refractivity contribution in [2.24, 2.45) is 17.8 Å². The molecule has 6 rings (SSSR count). The molecule has 2 amide bonds. The molecular weight excluding hydrogens is 734 g/mol. The number of methoxy groups -OCH3 is 2. The van der Waals surface area contributed by atoms with Crippen molar-refractivity contribution >= 4 is 64.7 Å². The molecule has 0 saturated carbocycles. The van der Waals surface area contributed by atoms with E-state index in [2.05, 4.69) is 40.9 Å². The highest BCUT2D eigenvalue weighted by Crippen LogP contribution is 2.51. The number of phenols is 1. The Morgan fingerprint density at radius 2 is 1.78 bits per heavy atom. The predicted octanol–water partition coefficient (Wildman–Crippen LogP) is 7.36. The van der Waals surface area contributed by atoms with Crippen molar-refractivity contribution in [1.29, 1.82) is 0 Å². The van der Waals surface area contributed by atoms with Crippen LogP contribution in [0.1, 0.15) is 44.6 Å². The molecule has 2 aliphatic heterocycles. The highest BCUT2D eigenvalue weighted by Gasteiger charge is 2.57. The summed E-state index contributed by atoms with van der Waals surface area (Å²) < 4.78 is 17.9. The minimum atomic E-state index is -1.05. The van der Waals surface area contributed by atoms with E-state index in [-0.39, 0.29) is 29.8 Å². The van der Waals surface area contributed by atoms with E-state index in [0.717, 1.165) is 40.9 Å². The fraction of sp³-hybridized carbons (Fsp3) is 0.368. The van der Waals surface area contributed by atoms with Crippen molar-refractivity contribution in [3.8, 4) is 11.5 Å². The van der Waals surface area contributed by atoms with E-state index in [1.807, 2.05) is 54.6 Å². The summed E-state index contributed by atoms with van der Waals surface area (Å²) in [6.45, 7) is 2.46. The topological polar surface area (TPSA) is 118 Å². The third kappa shape index (κ3) is 7.45. The van der Waals surface area contributed by atoms with E-state index in [1.165, 1.54) is 17.6 Å². The lowest BCUT2D eigenvalue weighted by Crippen LogP contribution is -2.46. The molecule has 0 unspecified atom stereocenters. The monoisotopic (exact) mass is 776 g/mol. The largest absolute Gasteiger partial charge is 0.504 e. The van der Waals surface area contributed by atoms with Gasteiger partial charge in [-0.05, 0) is 126 Å². The number of amides is 2. The minimum Gasteiger partial charge on any atom is -0.504 e. The maximum absolute atomic E-state index is 14.2. The van der Waals surface area contributed by atoms with E-state index in [4.69, 9.17) is 14.1 Å². The number of rotatable bonds is 12. The fourth-order valence-corrected chi connectivity index (χ4v) is 8.31. The van der Waals surface area contributed by atoms with E-state index in [0.29, 0.717) is 40.9 Å². The number of phenolic OH excluding ortho intramolecular Hbond substituents is 1. The summed E-state index contributed by atoms with van der Waals surface area (Å²) in [5, 5.41) is 24.7. The van der Waals surface area contributed by atoms with Crippen LogP contribution in [-0.2, 0) is 19.0 Å². The number of ether oxygens (including phenoxy) is 2. The summed E-state index contributed by atoms with van der Waals surface area (Å²) in [7, 11) is 2.12. The smallest absolute Gasteiger partial charge is 0.455 e. The molecule has 3 aliphatic rings. The SMILES string of the molecule is CCC/C(=C\c1cc(I)c(O)c(OC)c1)CC[C@H]1OB(O)C[C@H]2C1=C(COC)C[C@H]1C(=O)N(c3ccc(Nc4ccccc4)cc3)C(=O)[C@H]12. The van der Waals surface area contributed by atoms with E-state index < -0.39 is 25.1 Å². The molecule has 49 heavy (non-hydrogen) atoms. The summed E-state index contributed by atoms with van der Waals surface area (Å²) in [6, 6.07) is 20.9. The quantitative estimate of drug-likeness (QED) is 0.0757. The summed E-state index contributed by atoms with van der Waals surface area (Å²) in [4.78, 5) is 29.5. The lowest BCUT2D eigenvalue weighted by molar-refractivity contribution is -0.122. The predicted molar refractivity (Wildman–Crippen MR) is 200 cm³/mol. The third-order valence-corrected chi connectivity index (χ3v) is 10.6. The molecule has 2 saturated heterocycles. The van der Waals surface area contributed by atoms with Crippen molar-refractivity contribution in [3.05, 3.63) is 92.6 Å². The van der Waals surface area contributed by atoms with Gasteiger partial charge in [-0.3, -0.25) is 14.5 Å². The van der Waals surface area contributed by atoms with Gasteiger partial charge in [-0.15, -0.1) is 0 Å². The van der Waals surface area contributed by atoms with Crippen molar-refractivity contribution in [2.45, 2.75) is 51.5 Å². The van der Waals surface area contributed by atoms with Crippen LogP contribution in [0.4, 0.5) is 17.1 Å². The molecule has 3 N–H and O–H groups in total. The summed E-state index contributed by atoms with van der Waals surface area (Å²) in [5.74, 6) is -1.34. The molecule has 4 atom stereocenters. The summed E-state index contributed by atoms with van der Waals surface area (Å²) in [6.07, 6.45) is 5.50. The minimum absolute atomic E-state index is 0.122. The van der Waals surface area contributed by atoms with Gasteiger partial charge in [0.1, 0.15) is 0 Å². The van der Waals surface area contributed by atoms with E-state index in [1.54, 1.807) is 19.2 Å². The number of hydrogen-bond acceptors (Lipinski definition) is 8. The molecule has 0 aromatic heterocycles. The number of nitrogens with one attached hydrogen (secondary N) is 1. The Morgan fingerprint density at radius 1 is 1.04 bits per heavy atom. The standard InChI is InChI=1S/C38H42BIN2O7/c1-4-8-23(17-24-18-31(40)36(43)33(19-24)48-3)11-16-32-34-25(22-47-2)20-29-35(30(34)21-39(46)49-32)38(45)42(37(29)44)28-14-12-27(13-15-28)41-26-9-6-5-7-10-26/h5-7,9-10,12-15,17-19,29-30,32,35,41,43,46H,4,8,11,16,20-22H2,1-3H3/b23-17+/t29-,30+,32-,35-/m1/s1. The average Bonchev–Trinajstić information content (AvgIpc) is 3.34. The van der Waals surface area contributed by atoms with Gasteiger partial charge in [0.25, 0.3) is 0 Å². The Kier molecular flexibility index (Phi) is 11.1. The Hall–Kier alpha value is -3.65. The normalized spacial score (nSPS) is 22.3. The van der Waals surface area contributed by atoms with Gasteiger partial charge in [-0.25, -0.2) is 0 Å². The van der Waals surface area contributed by atoms with Gasteiger partial charge < -0.3 is 29.6 Å². The van der Waals surface area contributed by atoms with Crippen molar-refractivity contribution in [1.82, 2.24) is 0 Å². The molecule has 9 nitrogen and oxygen atoms in total. The van der Waals surface area contributed by atoms with Crippen LogP contribution in [0, 0.1) is 21.3 Å². The molecule has 11 heteroatoms. The highest BCUT2D eigenvalue weighted by molar-refractivity contribution is 14.1. The van der Waals surface area contributed by atoms with Crippen LogP contribution < -0.4 is 15.0 Å². The van der Waals surface area contributed by atoms with Gasteiger partial charge in [0, 0.05) is 18.5 Å². The summed E-state index contributed by atoms with van der Waals surface area (Å²) in [5.41, 5.74) is 6.45. The molecule has 3 aromatic carbocycles. The number of benzene rings is 3. The Balaban J connectivity index is 1.25. The number of carbonyl (C=O) groups is 2. The lowest BCUT2D eigenvalue weighted by atomic mass is 9.58. The van der Waals surface area contributed by atoms with Crippen molar-refractivity contribution in [2.75, 3.05) is 31.0 Å². The zero-order chi connectivity index (χ0) is 34.7. The molecule has 3 aromatic rings. The Labute approximate surface area is 301 Å². The average molecular weight is 776 g/mol. The van der Waals surface area contributed by atoms with Gasteiger partial charge in [0.05, 0.1) is 40.9 Å². The number of fused-ring (bicyclic) bond motifs is 3. The maximum atomic E-state index is 14.2. The molecule has 2 heterocycles. The number of aromatic hydroxyl groups is 1. The number of allylic oxidation sites excluding steroid dienone is 1. The van der Waals surface area contributed by atoms with Gasteiger partial charge in [0.15, 0.2) is 11.5 Å². The summed E-state index contributed by atoms with van der Waals surface area (Å²) >= 11 is 2.10. The van der Waals surface area contributed by atoms with Crippen LogP contribution in [-0.4, -0.2) is 56.0 Å². The van der Waals surface area contributed by atoms with Gasteiger partial charge in [-0.1, -0.05) is 43.2 Å². The fourth-order valence-electron chi connectivity index (χ4n) is 7.68. The first-order valence-corrected chi connectivity index (χ1v) is 17.9. The maximum Gasteiger partial charge on any atom is 0.455 e. The first kappa shape index (κ1) is 35.2. The van der Waals surface area contributed by atoms with Crippen LogP contribution in [0.2, 0.25) is 6.32 Å². The molecule has 2 fully saturated rings. The first-order chi connectivity index (χ1) is 23.7. The van der Waals surface area contributed by atoms with E-state index in [9.17, 15) is 19.7 Å². The third-order valence-electron chi connectivity index (χ3n) is 9.75. The zero-order valence-corrected chi connectivity index (χ0v) is 30.2. The second-order valence-corrected chi connectivity index (χ2v) is 14.1. The van der Waals surface area contributed by atoms with Crippen LogP contribution in [0.5, 0.6) is 11.5 Å². The number of halogens is 1.